The summed E-state index contributed by atoms with van der Waals surface area (Å²) in [5, 5.41) is 13.8. The number of benzene rings is 1. The van der Waals surface area contributed by atoms with Gasteiger partial charge in [0.15, 0.2) is 5.78 Å². The van der Waals surface area contributed by atoms with Crippen molar-refractivity contribution in [1.29, 1.82) is 0 Å². The molecule has 0 spiro atoms. The Balaban J connectivity index is 1.38. The normalized spacial score (nSPS) is 19.4. The number of aryl methyl sites for hydroxylation is 2. The predicted molar refractivity (Wildman–Crippen MR) is 106 cm³/mol. The van der Waals surface area contributed by atoms with Gasteiger partial charge in [0.2, 0.25) is 5.91 Å². The number of amides is 1. The number of hydrogen-bond acceptors (Lipinski definition) is 5. The number of thiophene rings is 1. The van der Waals surface area contributed by atoms with Gasteiger partial charge < -0.3 is 10.4 Å². The molecule has 0 saturated carbocycles. The van der Waals surface area contributed by atoms with E-state index in [2.05, 4.69) is 17.1 Å². The Morgan fingerprint density at radius 2 is 2.00 bits per heavy atom. The van der Waals surface area contributed by atoms with E-state index in [4.69, 9.17) is 0 Å². The first-order valence-corrected chi connectivity index (χ1v) is 10.2. The highest BCUT2D eigenvalue weighted by Crippen LogP contribution is 2.36. The van der Waals surface area contributed by atoms with Gasteiger partial charge in [-0.05, 0) is 62.1 Å². The first kappa shape index (κ1) is 18.3. The highest BCUT2D eigenvalue weighted by Gasteiger charge is 2.35. The van der Waals surface area contributed by atoms with Crippen LogP contribution in [0.5, 0.6) is 0 Å². The van der Waals surface area contributed by atoms with E-state index in [0.29, 0.717) is 50.9 Å². The number of fused-ring (bicyclic) bond motifs is 1. The van der Waals surface area contributed by atoms with Crippen LogP contribution in [0.15, 0.2) is 30.3 Å². The molecule has 0 radical (unpaired) electrons. The van der Waals surface area contributed by atoms with Crippen LogP contribution >= 0.6 is 11.3 Å². The maximum atomic E-state index is 12.7. The molecule has 1 aromatic heterocycles. The monoisotopic (exact) mass is 384 g/mol. The van der Waals surface area contributed by atoms with Crippen molar-refractivity contribution in [2.45, 2.75) is 38.2 Å². The zero-order valence-electron chi connectivity index (χ0n) is 15.5. The quantitative estimate of drug-likeness (QED) is 0.795. The maximum Gasteiger partial charge on any atom is 0.224 e. The van der Waals surface area contributed by atoms with E-state index in [9.17, 15) is 14.7 Å². The summed E-state index contributed by atoms with van der Waals surface area (Å²) in [7, 11) is 0. The summed E-state index contributed by atoms with van der Waals surface area (Å²) >= 11 is 1.65. The minimum Gasteiger partial charge on any atom is -0.384 e. The number of hydrogen-bond donors (Lipinski definition) is 2. The topological polar surface area (TPSA) is 69.6 Å². The fourth-order valence-electron chi connectivity index (χ4n) is 3.86. The van der Waals surface area contributed by atoms with Crippen LogP contribution in [0, 0.1) is 6.92 Å². The number of Topliss-reactive ketones (excluding diaryl/α,β-unsaturated/α-hetero) is 1. The Bertz CT molecular complexity index is 881. The first-order valence-electron chi connectivity index (χ1n) is 9.41. The van der Waals surface area contributed by atoms with Gasteiger partial charge in [0.05, 0.1) is 6.54 Å². The second kappa shape index (κ2) is 7.19. The van der Waals surface area contributed by atoms with Gasteiger partial charge in [0.1, 0.15) is 5.60 Å². The fourth-order valence-corrected chi connectivity index (χ4v) is 4.88. The third-order valence-corrected chi connectivity index (χ3v) is 6.77. The summed E-state index contributed by atoms with van der Waals surface area (Å²) in [5.74, 6) is 0.121. The van der Waals surface area contributed by atoms with Gasteiger partial charge in [-0.1, -0.05) is 0 Å². The highest BCUT2D eigenvalue weighted by molar-refractivity contribution is 7.12. The molecule has 0 aliphatic carbocycles. The molecule has 0 bridgehead atoms. The maximum absolute atomic E-state index is 12.7. The number of carbonyl (C=O) groups excluding carboxylic acids is 2. The van der Waals surface area contributed by atoms with E-state index in [-0.39, 0.29) is 11.7 Å². The van der Waals surface area contributed by atoms with E-state index in [1.165, 1.54) is 4.88 Å². The lowest BCUT2D eigenvalue weighted by molar-refractivity contribution is -0.116. The number of nitrogens with zero attached hydrogens (tertiary/aromatic N) is 1. The number of anilines is 1. The number of aliphatic hydroxyl groups is 1. The van der Waals surface area contributed by atoms with Gasteiger partial charge in [-0.2, -0.15) is 0 Å². The molecule has 1 fully saturated rings. The third-order valence-electron chi connectivity index (χ3n) is 5.57. The molecule has 142 valence electrons. The van der Waals surface area contributed by atoms with Gasteiger partial charge in [-0.15, -0.1) is 11.3 Å². The van der Waals surface area contributed by atoms with Crippen LogP contribution in [-0.4, -0.2) is 41.3 Å². The molecule has 2 aromatic rings. The SMILES string of the molecule is Cc1ccc(C2(O)CCN(CC(=O)c3ccc4c(c3)CCC(=O)N4)CC2)s1. The smallest absolute Gasteiger partial charge is 0.224 e. The number of rotatable bonds is 4. The lowest BCUT2D eigenvalue weighted by atomic mass is 9.89. The molecule has 3 heterocycles. The van der Waals surface area contributed by atoms with Crippen LogP contribution in [0.2, 0.25) is 0 Å². The Labute approximate surface area is 163 Å². The Morgan fingerprint density at radius 3 is 2.70 bits per heavy atom. The highest BCUT2D eigenvalue weighted by atomic mass is 32.1. The average Bonchev–Trinajstić information content (AvgIpc) is 3.10. The van der Waals surface area contributed by atoms with Crippen LogP contribution in [-0.2, 0) is 16.8 Å². The van der Waals surface area contributed by atoms with Crippen LogP contribution < -0.4 is 5.32 Å². The molecule has 2 N–H and O–H groups in total. The third kappa shape index (κ3) is 3.83. The van der Waals surface area contributed by atoms with Crippen molar-refractivity contribution < 1.29 is 14.7 Å². The van der Waals surface area contributed by atoms with E-state index < -0.39 is 5.60 Å². The zero-order chi connectivity index (χ0) is 19.0. The first-order chi connectivity index (χ1) is 12.9. The van der Waals surface area contributed by atoms with Crippen LogP contribution in [0.25, 0.3) is 0 Å². The average molecular weight is 385 g/mol. The molecule has 1 amide bonds. The number of piperidine rings is 1. The number of likely N-dealkylation sites (tertiary alicyclic amines) is 1. The number of nitrogens with one attached hydrogen (secondary N) is 1. The van der Waals surface area contributed by atoms with Crippen molar-refractivity contribution in [1.82, 2.24) is 4.90 Å². The van der Waals surface area contributed by atoms with Crippen molar-refractivity contribution in [3.05, 3.63) is 51.2 Å². The lowest BCUT2D eigenvalue weighted by Gasteiger charge is -2.37. The molecule has 2 aliphatic rings. The van der Waals surface area contributed by atoms with Crippen LogP contribution in [0.3, 0.4) is 0 Å². The summed E-state index contributed by atoms with van der Waals surface area (Å²) in [5.41, 5.74) is 1.78. The Kier molecular flexibility index (Phi) is 4.88. The van der Waals surface area contributed by atoms with Gasteiger partial charge in [0, 0.05) is 40.5 Å². The minimum atomic E-state index is -0.761. The summed E-state index contributed by atoms with van der Waals surface area (Å²) in [4.78, 5) is 28.5. The van der Waals surface area contributed by atoms with Gasteiger partial charge in [-0.25, -0.2) is 0 Å². The zero-order valence-corrected chi connectivity index (χ0v) is 16.3. The summed E-state index contributed by atoms with van der Waals surface area (Å²) in [6, 6.07) is 9.60. The molecular formula is C21H24N2O3S. The largest absolute Gasteiger partial charge is 0.384 e. The predicted octanol–water partition coefficient (Wildman–Crippen LogP) is 3.11. The molecule has 0 unspecified atom stereocenters. The van der Waals surface area contributed by atoms with E-state index >= 15 is 0 Å². The minimum absolute atomic E-state index is 0.0308. The summed E-state index contributed by atoms with van der Waals surface area (Å²) in [6.45, 7) is 3.83. The van der Waals surface area contributed by atoms with E-state index in [0.717, 1.165) is 16.1 Å². The van der Waals surface area contributed by atoms with Gasteiger partial charge in [0.25, 0.3) is 0 Å². The molecule has 1 saturated heterocycles. The fraction of sp³-hybridized carbons (Fsp3) is 0.429. The van der Waals surface area contributed by atoms with Gasteiger partial charge >= 0.3 is 0 Å². The summed E-state index contributed by atoms with van der Waals surface area (Å²) in [6.07, 6.45) is 2.45. The molecule has 2 aliphatic heterocycles. The molecule has 6 heteroatoms. The second-order valence-corrected chi connectivity index (χ2v) is 8.85. The molecule has 0 atom stereocenters. The van der Waals surface area contributed by atoms with Crippen molar-refractivity contribution in [2.24, 2.45) is 0 Å². The molecule has 1 aromatic carbocycles. The van der Waals surface area contributed by atoms with Crippen molar-refractivity contribution in [3.8, 4) is 0 Å². The Morgan fingerprint density at radius 1 is 1.22 bits per heavy atom. The van der Waals surface area contributed by atoms with Crippen molar-refractivity contribution in [2.75, 3.05) is 25.0 Å². The molecule has 27 heavy (non-hydrogen) atoms. The second-order valence-electron chi connectivity index (χ2n) is 7.56. The molecular weight excluding hydrogens is 360 g/mol. The van der Waals surface area contributed by atoms with E-state index in [1.807, 2.05) is 24.3 Å². The number of ketones is 1. The van der Waals surface area contributed by atoms with Crippen molar-refractivity contribution >= 4 is 28.7 Å². The van der Waals surface area contributed by atoms with Crippen molar-refractivity contribution in [3.63, 3.8) is 0 Å². The molecule has 4 rings (SSSR count). The lowest BCUT2D eigenvalue weighted by Crippen LogP contribution is -2.44. The molecule has 5 nitrogen and oxygen atoms in total. The van der Waals surface area contributed by atoms with Crippen LogP contribution in [0.4, 0.5) is 5.69 Å². The standard InChI is InChI=1S/C21H24N2O3S/c1-14-2-6-19(27-14)21(26)8-10-23(11-9-21)13-18(24)16-3-5-17-15(12-16)4-7-20(25)22-17/h2-3,5-6,12,26H,4,7-11,13H2,1H3,(H,22,25). The number of carbonyl (C=O) groups is 2. The van der Waals surface area contributed by atoms with E-state index in [1.54, 1.807) is 17.4 Å². The van der Waals surface area contributed by atoms with Gasteiger partial charge in [-0.3, -0.25) is 14.5 Å². The Hall–Kier alpha value is -2.02. The van der Waals surface area contributed by atoms with Crippen LogP contribution in [0.1, 0.15) is 44.9 Å². The summed E-state index contributed by atoms with van der Waals surface area (Å²) < 4.78 is 0.